The molecular formula is C27H31N7O2. The Hall–Kier alpha value is -3.85. The maximum atomic E-state index is 11.9. The van der Waals surface area contributed by atoms with E-state index in [1.54, 1.807) is 0 Å². The summed E-state index contributed by atoms with van der Waals surface area (Å²) in [6.45, 7) is 5.70. The van der Waals surface area contributed by atoms with Crippen molar-refractivity contribution in [2.24, 2.45) is 7.05 Å². The molecule has 0 spiro atoms. The van der Waals surface area contributed by atoms with Crippen LogP contribution in [0.25, 0.3) is 39.1 Å². The Morgan fingerprint density at radius 2 is 1.81 bits per heavy atom. The van der Waals surface area contributed by atoms with Crippen LogP contribution in [0.4, 0.5) is 5.82 Å². The first kappa shape index (κ1) is 23.9. The third-order valence-corrected chi connectivity index (χ3v) is 6.59. The second-order valence-corrected chi connectivity index (χ2v) is 9.77. The van der Waals surface area contributed by atoms with Gasteiger partial charge < -0.3 is 15.0 Å². The van der Waals surface area contributed by atoms with Crippen molar-refractivity contribution in [3.05, 3.63) is 48.3 Å². The number of aryl methyl sites for hydroxylation is 2. The number of anilines is 1. The number of benzene rings is 2. The number of Topliss-reactive ketones (excluding diaryl/α,β-unsaturated/α-hetero) is 1. The van der Waals surface area contributed by atoms with Crippen LogP contribution in [-0.4, -0.2) is 52.2 Å². The van der Waals surface area contributed by atoms with Crippen molar-refractivity contribution in [3.8, 4) is 11.4 Å². The number of unbranched alkanes of at least 4 members (excludes halogenated alkanes) is 2. The molecule has 36 heavy (non-hydrogen) atoms. The lowest BCUT2D eigenvalue weighted by molar-refractivity contribution is -0.134. The lowest BCUT2D eigenvalue weighted by Gasteiger charge is -2.15. The average molecular weight is 486 g/mol. The number of hydrogen-bond acceptors (Lipinski definition) is 7. The van der Waals surface area contributed by atoms with Crippen LogP contribution in [-0.2, 0) is 11.8 Å². The highest BCUT2D eigenvalue weighted by Gasteiger charge is 2.22. The van der Waals surface area contributed by atoms with E-state index in [1.165, 1.54) is 13.8 Å². The number of carbonyl (C=O) groups is 1. The molecule has 186 valence electrons. The summed E-state index contributed by atoms with van der Waals surface area (Å²) in [6, 6.07) is 14.3. The van der Waals surface area contributed by atoms with Crippen LogP contribution in [0.3, 0.4) is 0 Å². The predicted molar refractivity (Wildman–Crippen MR) is 141 cm³/mol. The Morgan fingerprint density at radius 3 is 2.58 bits per heavy atom. The SMILES string of the molecule is Cc1nnc2c(NCCCCCC(=O)C(C)(C)O)nc3cc(-c4nc5ccccc5n4C)ccc3n12. The molecule has 5 aromatic rings. The van der Waals surface area contributed by atoms with Gasteiger partial charge in [-0.2, -0.15) is 0 Å². The van der Waals surface area contributed by atoms with Crippen molar-refractivity contribution in [2.45, 2.75) is 52.1 Å². The number of aromatic nitrogens is 6. The van der Waals surface area contributed by atoms with Crippen molar-refractivity contribution in [2.75, 3.05) is 11.9 Å². The van der Waals surface area contributed by atoms with Gasteiger partial charge in [0.15, 0.2) is 11.6 Å². The van der Waals surface area contributed by atoms with E-state index >= 15 is 0 Å². The molecule has 0 atom stereocenters. The van der Waals surface area contributed by atoms with Crippen LogP contribution < -0.4 is 5.32 Å². The van der Waals surface area contributed by atoms with Crippen LogP contribution in [0.2, 0.25) is 0 Å². The van der Waals surface area contributed by atoms with E-state index < -0.39 is 5.60 Å². The Bertz CT molecular complexity index is 1580. The zero-order chi connectivity index (χ0) is 25.4. The number of nitrogens with zero attached hydrogens (tertiary/aromatic N) is 6. The molecule has 0 aliphatic rings. The van der Waals surface area contributed by atoms with Crippen molar-refractivity contribution in [1.29, 1.82) is 0 Å². The van der Waals surface area contributed by atoms with Crippen LogP contribution in [0.1, 0.15) is 45.4 Å². The first-order valence-electron chi connectivity index (χ1n) is 12.3. The molecule has 3 heterocycles. The summed E-state index contributed by atoms with van der Waals surface area (Å²) < 4.78 is 4.12. The number of hydrogen-bond donors (Lipinski definition) is 2. The highest BCUT2D eigenvalue weighted by atomic mass is 16.3. The summed E-state index contributed by atoms with van der Waals surface area (Å²) in [6.07, 6.45) is 2.88. The fourth-order valence-electron chi connectivity index (χ4n) is 4.54. The van der Waals surface area contributed by atoms with Crippen LogP contribution in [0, 0.1) is 6.92 Å². The molecule has 3 aromatic heterocycles. The minimum Gasteiger partial charge on any atom is -0.383 e. The average Bonchev–Trinajstić information content (AvgIpc) is 3.40. The van der Waals surface area contributed by atoms with Gasteiger partial charge in [-0.3, -0.25) is 9.20 Å². The Kier molecular flexibility index (Phi) is 6.17. The fraction of sp³-hybridized carbons (Fsp3) is 0.370. The molecule has 2 aromatic carbocycles. The van der Waals surface area contributed by atoms with E-state index in [9.17, 15) is 9.90 Å². The van der Waals surface area contributed by atoms with Crippen LogP contribution >= 0.6 is 0 Å². The number of ketones is 1. The number of aliphatic hydroxyl groups is 1. The molecule has 0 saturated heterocycles. The van der Waals surface area contributed by atoms with Crippen LogP contribution in [0.5, 0.6) is 0 Å². The fourth-order valence-corrected chi connectivity index (χ4v) is 4.54. The highest BCUT2D eigenvalue weighted by Crippen LogP contribution is 2.28. The summed E-state index contributed by atoms with van der Waals surface area (Å²) in [5, 5.41) is 21.8. The largest absolute Gasteiger partial charge is 0.383 e. The van der Waals surface area contributed by atoms with E-state index in [2.05, 4.69) is 38.3 Å². The molecule has 0 unspecified atom stereocenters. The zero-order valence-corrected chi connectivity index (χ0v) is 21.1. The zero-order valence-electron chi connectivity index (χ0n) is 21.1. The summed E-state index contributed by atoms with van der Waals surface area (Å²) in [7, 11) is 2.03. The number of carbonyl (C=O) groups excluding carboxylic acids is 1. The molecule has 0 saturated carbocycles. The first-order valence-corrected chi connectivity index (χ1v) is 12.3. The third-order valence-electron chi connectivity index (χ3n) is 6.59. The smallest absolute Gasteiger partial charge is 0.204 e. The molecule has 9 heteroatoms. The van der Waals surface area contributed by atoms with E-state index in [-0.39, 0.29) is 5.78 Å². The van der Waals surface area contributed by atoms with Gasteiger partial charge in [0.2, 0.25) is 5.65 Å². The number of nitrogens with one attached hydrogen (secondary N) is 1. The highest BCUT2D eigenvalue weighted by molar-refractivity contribution is 5.88. The Morgan fingerprint density at radius 1 is 1.00 bits per heavy atom. The van der Waals surface area contributed by atoms with Gasteiger partial charge in [-0.1, -0.05) is 18.6 Å². The molecule has 0 bridgehead atoms. The van der Waals surface area contributed by atoms with Gasteiger partial charge >= 0.3 is 0 Å². The van der Waals surface area contributed by atoms with Gasteiger partial charge in [-0.25, -0.2) is 9.97 Å². The standard InChI is InChI=1S/C27H31N7O2/c1-17-31-32-26-24(28-15-9-5-6-12-23(35)27(2,3)36)29-20-16-18(13-14-22(20)34(17)26)25-30-19-10-7-8-11-21(19)33(25)4/h7-8,10-11,13-14,16,36H,5-6,9,12,15H2,1-4H3,(H,28,29). The summed E-state index contributed by atoms with van der Waals surface area (Å²) in [5.74, 6) is 2.23. The Balaban J connectivity index is 1.39. The van der Waals surface area contributed by atoms with Crippen LogP contribution in [0.15, 0.2) is 42.5 Å². The maximum Gasteiger partial charge on any atom is 0.204 e. The number of imidazole rings is 1. The molecule has 5 rings (SSSR count). The normalized spacial score (nSPS) is 12.1. The van der Waals surface area contributed by atoms with E-state index in [1.807, 2.05) is 42.6 Å². The molecular weight excluding hydrogens is 454 g/mol. The molecule has 0 amide bonds. The van der Waals surface area contributed by atoms with E-state index in [0.717, 1.165) is 58.5 Å². The molecule has 0 radical (unpaired) electrons. The van der Waals surface area contributed by atoms with Gasteiger partial charge in [0.05, 0.1) is 22.1 Å². The second kappa shape index (κ2) is 9.31. The van der Waals surface area contributed by atoms with E-state index in [4.69, 9.17) is 9.97 Å². The van der Waals surface area contributed by atoms with Crippen molar-refractivity contribution in [1.82, 2.24) is 29.1 Å². The molecule has 2 N–H and O–H groups in total. The minimum absolute atomic E-state index is 0.122. The van der Waals surface area contributed by atoms with Crippen molar-refractivity contribution in [3.63, 3.8) is 0 Å². The first-order chi connectivity index (χ1) is 17.2. The van der Waals surface area contributed by atoms with Gasteiger partial charge in [-0.05, 0) is 63.9 Å². The maximum absolute atomic E-state index is 11.9. The summed E-state index contributed by atoms with van der Waals surface area (Å²) in [5.41, 5.74) is 4.22. The van der Waals surface area contributed by atoms with Gasteiger partial charge in [0.25, 0.3) is 0 Å². The van der Waals surface area contributed by atoms with E-state index in [0.29, 0.717) is 24.4 Å². The number of fused-ring (bicyclic) bond motifs is 4. The molecule has 0 aliphatic heterocycles. The predicted octanol–water partition coefficient (Wildman–Crippen LogP) is 4.45. The second-order valence-electron chi connectivity index (χ2n) is 9.77. The quantitative estimate of drug-likeness (QED) is 0.297. The lowest BCUT2D eigenvalue weighted by atomic mass is 9.98. The number of rotatable bonds is 9. The molecule has 0 aliphatic carbocycles. The lowest BCUT2D eigenvalue weighted by Crippen LogP contribution is -2.30. The number of para-hydroxylation sites is 2. The van der Waals surface area contributed by atoms with Crippen molar-refractivity contribution < 1.29 is 9.90 Å². The Labute approximate surface area is 209 Å². The molecule has 9 nitrogen and oxygen atoms in total. The monoisotopic (exact) mass is 485 g/mol. The third kappa shape index (κ3) is 4.42. The van der Waals surface area contributed by atoms with Gasteiger partial charge in [-0.15, -0.1) is 10.2 Å². The topological polar surface area (TPSA) is 110 Å². The van der Waals surface area contributed by atoms with Crippen molar-refractivity contribution >= 4 is 39.3 Å². The van der Waals surface area contributed by atoms with Gasteiger partial charge in [0.1, 0.15) is 17.2 Å². The van der Waals surface area contributed by atoms with Gasteiger partial charge in [0, 0.05) is 25.6 Å². The summed E-state index contributed by atoms with van der Waals surface area (Å²) in [4.78, 5) is 21.6. The molecule has 0 fully saturated rings. The summed E-state index contributed by atoms with van der Waals surface area (Å²) >= 11 is 0. The minimum atomic E-state index is -1.26.